The Kier molecular flexibility index (Phi) is 11.0. The van der Waals surface area contributed by atoms with Crippen LogP contribution in [-0.4, -0.2) is 77.0 Å². The number of allylic oxidation sites excluding steroid dienone is 2. The lowest BCUT2D eigenvalue weighted by Gasteiger charge is -2.29. The molecule has 0 aliphatic carbocycles. The lowest BCUT2D eigenvalue weighted by atomic mass is 9.94. The van der Waals surface area contributed by atoms with E-state index in [0.717, 1.165) is 6.26 Å². The first-order chi connectivity index (χ1) is 19.0. The van der Waals surface area contributed by atoms with Gasteiger partial charge in [0.2, 0.25) is 11.8 Å². The van der Waals surface area contributed by atoms with Gasteiger partial charge in [-0.25, -0.2) is 9.78 Å². The van der Waals surface area contributed by atoms with Gasteiger partial charge in [0.05, 0.1) is 6.10 Å². The van der Waals surface area contributed by atoms with Gasteiger partial charge in [0, 0.05) is 32.5 Å². The van der Waals surface area contributed by atoms with Crippen LogP contribution >= 0.6 is 0 Å². The fourth-order valence-electron chi connectivity index (χ4n) is 4.88. The minimum Gasteiger partial charge on any atom is -0.460 e. The molecule has 11 heteroatoms. The van der Waals surface area contributed by atoms with Crippen molar-refractivity contribution < 1.29 is 38.2 Å². The van der Waals surface area contributed by atoms with Crippen LogP contribution in [0.3, 0.4) is 0 Å². The number of amides is 2. The third-order valence-corrected chi connectivity index (χ3v) is 6.90. The van der Waals surface area contributed by atoms with Gasteiger partial charge in [0.1, 0.15) is 18.4 Å². The zero-order valence-electron chi connectivity index (χ0n) is 23.7. The molecule has 0 aromatic carbocycles. The van der Waals surface area contributed by atoms with Crippen LogP contribution in [0.5, 0.6) is 0 Å². The van der Waals surface area contributed by atoms with Crippen molar-refractivity contribution in [2.75, 3.05) is 20.2 Å². The zero-order chi connectivity index (χ0) is 29.4. The van der Waals surface area contributed by atoms with Crippen LogP contribution in [0.1, 0.15) is 69.4 Å². The van der Waals surface area contributed by atoms with Crippen LogP contribution in [0.4, 0.5) is 0 Å². The lowest BCUT2D eigenvalue weighted by molar-refractivity contribution is -0.158. The molecule has 2 amide bonds. The van der Waals surface area contributed by atoms with Gasteiger partial charge in [-0.2, -0.15) is 0 Å². The Morgan fingerprint density at radius 2 is 1.95 bits per heavy atom. The van der Waals surface area contributed by atoms with E-state index in [1.807, 2.05) is 20.8 Å². The Bertz CT molecular complexity index is 1170. The number of cyclic esters (lactones) is 1. The summed E-state index contributed by atoms with van der Waals surface area (Å²) < 4.78 is 16.6. The van der Waals surface area contributed by atoms with Crippen LogP contribution in [0.25, 0.3) is 0 Å². The highest BCUT2D eigenvalue weighted by Gasteiger charge is 2.39. The summed E-state index contributed by atoms with van der Waals surface area (Å²) in [6, 6.07) is -0.799. The Morgan fingerprint density at radius 1 is 1.20 bits per heavy atom. The van der Waals surface area contributed by atoms with Gasteiger partial charge >= 0.3 is 5.97 Å². The number of hydrogen-bond acceptors (Lipinski definition) is 9. The monoisotopic (exact) mass is 557 g/mol. The first-order valence-electron chi connectivity index (χ1n) is 13.5. The summed E-state index contributed by atoms with van der Waals surface area (Å²) in [6.45, 7) is 8.06. The maximum Gasteiger partial charge on any atom is 0.329 e. The third-order valence-electron chi connectivity index (χ3n) is 6.90. The number of aliphatic hydroxyl groups is 1. The van der Waals surface area contributed by atoms with Gasteiger partial charge in [-0.3, -0.25) is 14.4 Å². The highest BCUT2D eigenvalue weighted by atomic mass is 16.5. The van der Waals surface area contributed by atoms with E-state index in [1.165, 1.54) is 24.2 Å². The molecule has 2 unspecified atom stereocenters. The number of oxazole rings is 1. The molecule has 1 aromatic rings. The molecular weight excluding hydrogens is 518 g/mol. The molecule has 3 rings (SSSR count). The second-order valence-electron chi connectivity index (χ2n) is 10.5. The van der Waals surface area contributed by atoms with E-state index >= 15 is 0 Å². The highest BCUT2D eigenvalue weighted by molar-refractivity contribution is 5.95. The molecule has 1 aromatic heterocycles. The van der Waals surface area contributed by atoms with Crippen LogP contribution in [0.2, 0.25) is 0 Å². The van der Waals surface area contributed by atoms with Gasteiger partial charge in [-0.15, -0.1) is 0 Å². The standard InChI is InChI=1S/C29H39N3O8/c1-17(2)25-19(4)10-11-24(35)30-12-6-8-18(3)14-20(33)15-23(34)26(38-5)27-31-21(16-39-27)28(36)32-13-7-9-22(32)29(37)40-25/h6,8,10-11,14,16-17,19-20,22,25-26,33H,7,9,12-13,15H2,1-5H3,(H,30,35)/b8-6+,11-10+,18-14+/t19-,20-,22-,25?,26?/m1/s1. The quantitative estimate of drug-likeness (QED) is 0.524. The summed E-state index contributed by atoms with van der Waals surface area (Å²) in [5.74, 6) is -2.25. The van der Waals surface area contributed by atoms with Crippen molar-refractivity contribution in [2.24, 2.45) is 11.8 Å². The second-order valence-corrected chi connectivity index (χ2v) is 10.5. The van der Waals surface area contributed by atoms with Crippen LogP contribution in [-0.2, 0) is 23.9 Å². The summed E-state index contributed by atoms with van der Waals surface area (Å²) in [5, 5.41) is 13.2. The highest BCUT2D eigenvalue weighted by Crippen LogP contribution is 2.26. The molecule has 218 valence electrons. The molecule has 11 nitrogen and oxygen atoms in total. The molecule has 3 heterocycles. The number of ether oxygens (including phenoxy) is 2. The Labute approximate surface area is 234 Å². The zero-order valence-corrected chi connectivity index (χ0v) is 23.7. The number of nitrogens with zero attached hydrogens (tertiary/aromatic N) is 2. The predicted molar refractivity (Wildman–Crippen MR) is 145 cm³/mol. The second kappa shape index (κ2) is 14.2. The first-order valence-corrected chi connectivity index (χ1v) is 13.5. The maximum atomic E-state index is 13.3. The normalized spacial score (nSPS) is 30.7. The van der Waals surface area contributed by atoms with E-state index in [2.05, 4.69) is 10.3 Å². The number of ketones is 1. The molecule has 5 atom stereocenters. The predicted octanol–water partition coefficient (Wildman–Crippen LogP) is 2.68. The average molecular weight is 558 g/mol. The van der Waals surface area contributed by atoms with Crippen molar-refractivity contribution >= 4 is 23.6 Å². The third kappa shape index (κ3) is 7.98. The minimum absolute atomic E-state index is 0.0404. The molecule has 1 fully saturated rings. The fourth-order valence-corrected chi connectivity index (χ4v) is 4.88. The molecule has 0 radical (unpaired) electrons. The van der Waals surface area contributed by atoms with Crippen molar-refractivity contribution in [1.82, 2.24) is 15.2 Å². The largest absolute Gasteiger partial charge is 0.460 e. The SMILES string of the molecule is COC1C(=O)C[C@H](O)/C=C(C)/C=C/CNC(=O)/C=C/[C@@H](C)C(C(C)C)OC(=O)[C@H]2CCCN2C(=O)c2coc1n2. The molecule has 0 saturated carbocycles. The number of nitrogens with one attached hydrogen (secondary N) is 1. The van der Waals surface area contributed by atoms with Crippen molar-refractivity contribution in [1.29, 1.82) is 0 Å². The number of carbonyl (C=O) groups is 4. The van der Waals surface area contributed by atoms with Gasteiger partial charge in [0.15, 0.2) is 17.6 Å². The van der Waals surface area contributed by atoms with E-state index in [9.17, 15) is 24.3 Å². The molecule has 40 heavy (non-hydrogen) atoms. The number of esters is 1. The van der Waals surface area contributed by atoms with Gasteiger partial charge in [-0.1, -0.05) is 50.6 Å². The minimum atomic E-state index is -1.22. The maximum absolute atomic E-state index is 13.3. The Balaban J connectivity index is 1.91. The number of aliphatic hydroxyl groups excluding tert-OH is 1. The Morgan fingerprint density at radius 3 is 2.65 bits per heavy atom. The number of hydrogen-bond donors (Lipinski definition) is 2. The number of fused-ring (bicyclic) bond motifs is 3. The van der Waals surface area contributed by atoms with Gasteiger partial charge in [-0.05, 0) is 31.8 Å². The number of rotatable bonds is 2. The topological polar surface area (TPSA) is 148 Å². The Hall–Kier alpha value is -3.57. The number of carbonyl (C=O) groups excluding carboxylic acids is 4. The number of methoxy groups -OCH3 is 1. The van der Waals surface area contributed by atoms with E-state index in [1.54, 1.807) is 25.2 Å². The van der Waals surface area contributed by atoms with E-state index in [-0.39, 0.29) is 42.3 Å². The van der Waals surface area contributed by atoms with Gasteiger partial charge in [0.25, 0.3) is 5.91 Å². The molecule has 1 saturated heterocycles. The molecular formula is C29H39N3O8. The van der Waals surface area contributed by atoms with Crippen LogP contribution in [0.15, 0.2) is 46.6 Å². The number of Topliss-reactive ketones (excluding diaryl/α,β-unsaturated/α-hetero) is 1. The fraction of sp³-hybridized carbons (Fsp3) is 0.552. The summed E-state index contributed by atoms with van der Waals surface area (Å²) in [5.41, 5.74) is 0.629. The average Bonchev–Trinajstić information content (AvgIpc) is 3.58. The van der Waals surface area contributed by atoms with Crippen molar-refractivity contribution in [3.63, 3.8) is 0 Å². The van der Waals surface area contributed by atoms with Gasteiger partial charge < -0.3 is 29.2 Å². The van der Waals surface area contributed by atoms with Crippen molar-refractivity contribution in [2.45, 2.75) is 71.3 Å². The van der Waals surface area contributed by atoms with E-state index in [0.29, 0.717) is 25.0 Å². The van der Waals surface area contributed by atoms with E-state index < -0.39 is 42.0 Å². The van der Waals surface area contributed by atoms with E-state index in [4.69, 9.17) is 13.9 Å². The molecule has 2 aliphatic rings. The summed E-state index contributed by atoms with van der Waals surface area (Å²) in [4.78, 5) is 57.3. The van der Waals surface area contributed by atoms with Crippen LogP contribution < -0.4 is 5.32 Å². The summed E-state index contributed by atoms with van der Waals surface area (Å²) in [6.07, 6.45) is 7.14. The molecule has 2 bridgehead atoms. The first kappa shape index (κ1) is 31.0. The van der Waals surface area contributed by atoms with Crippen molar-refractivity contribution in [3.05, 3.63) is 53.8 Å². The number of aromatic nitrogens is 1. The van der Waals surface area contributed by atoms with Crippen molar-refractivity contribution in [3.8, 4) is 0 Å². The van der Waals surface area contributed by atoms with Crippen LogP contribution in [0, 0.1) is 11.8 Å². The molecule has 0 spiro atoms. The molecule has 2 aliphatic heterocycles. The smallest absolute Gasteiger partial charge is 0.329 e. The summed E-state index contributed by atoms with van der Waals surface area (Å²) in [7, 11) is 1.30. The summed E-state index contributed by atoms with van der Waals surface area (Å²) >= 11 is 0. The molecule has 2 N–H and O–H groups in total. The lowest BCUT2D eigenvalue weighted by Crippen LogP contribution is -2.44.